The number of hydrogen-bond donors (Lipinski definition) is 2. The van der Waals surface area contributed by atoms with Gasteiger partial charge in [-0.1, -0.05) is 13.8 Å². The fraction of sp³-hybridized carbons (Fsp3) is 0.400. The van der Waals surface area contributed by atoms with E-state index < -0.39 is 46.8 Å². The van der Waals surface area contributed by atoms with Crippen LogP contribution in [0.1, 0.15) is 68.1 Å². The van der Waals surface area contributed by atoms with Crippen LogP contribution in [0.4, 0.5) is 0 Å². The van der Waals surface area contributed by atoms with Crippen molar-refractivity contribution in [2.75, 3.05) is 13.1 Å². The number of fused-ring (bicyclic) bond motifs is 2. The average Bonchev–Trinajstić information content (AvgIpc) is 3.07. The van der Waals surface area contributed by atoms with Gasteiger partial charge >= 0.3 is 0 Å². The summed E-state index contributed by atoms with van der Waals surface area (Å²) in [4.78, 5) is 74.8. The van der Waals surface area contributed by atoms with Gasteiger partial charge in [-0.25, -0.2) is 0 Å². The highest BCUT2D eigenvalue weighted by molar-refractivity contribution is 6.39. The molecule has 0 saturated heterocycles. The fourth-order valence-corrected chi connectivity index (χ4v) is 3.45. The molecule has 2 amide bonds. The first-order chi connectivity index (χ1) is 13.3. The smallest absolute Gasteiger partial charge is 0.238 e. The van der Waals surface area contributed by atoms with Gasteiger partial charge in [0.2, 0.25) is 11.8 Å². The van der Waals surface area contributed by atoms with Crippen LogP contribution in [0.2, 0.25) is 0 Å². The molecular formula is C20H20N2O6. The normalized spacial score (nSPS) is 16.4. The van der Waals surface area contributed by atoms with Crippen LogP contribution in [0.15, 0.2) is 12.1 Å². The SMILES string of the molecule is CCCNC(=O)C1C(=O)c2cc3c(cc2C1=O)C(=O)C(C(=O)NCCC)C3=O. The summed E-state index contributed by atoms with van der Waals surface area (Å²) in [7, 11) is 0. The minimum absolute atomic E-state index is 0.0591. The molecule has 0 radical (unpaired) electrons. The van der Waals surface area contributed by atoms with Gasteiger partial charge < -0.3 is 10.6 Å². The Hall–Kier alpha value is -3.16. The number of benzene rings is 1. The molecule has 28 heavy (non-hydrogen) atoms. The monoisotopic (exact) mass is 384 g/mol. The van der Waals surface area contributed by atoms with Crippen LogP contribution in [0.25, 0.3) is 0 Å². The minimum Gasteiger partial charge on any atom is -0.355 e. The van der Waals surface area contributed by atoms with Crippen molar-refractivity contribution >= 4 is 34.9 Å². The Labute approximate surface area is 161 Å². The molecule has 1 aromatic carbocycles. The van der Waals surface area contributed by atoms with E-state index in [9.17, 15) is 28.8 Å². The lowest BCUT2D eigenvalue weighted by atomic mass is 10.0. The highest BCUT2D eigenvalue weighted by Gasteiger charge is 2.48. The molecule has 0 aliphatic heterocycles. The zero-order valence-electron chi connectivity index (χ0n) is 15.6. The highest BCUT2D eigenvalue weighted by atomic mass is 16.2. The second-order valence-corrected chi connectivity index (χ2v) is 6.85. The van der Waals surface area contributed by atoms with Crippen molar-refractivity contribution < 1.29 is 28.8 Å². The minimum atomic E-state index is -1.50. The molecule has 0 heterocycles. The van der Waals surface area contributed by atoms with Crippen LogP contribution in [-0.2, 0) is 9.59 Å². The number of ketones is 4. The third-order valence-electron chi connectivity index (χ3n) is 4.89. The summed E-state index contributed by atoms with van der Waals surface area (Å²) in [6.45, 7) is 4.33. The summed E-state index contributed by atoms with van der Waals surface area (Å²) >= 11 is 0. The van der Waals surface area contributed by atoms with Gasteiger partial charge in [-0.05, 0) is 25.0 Å². The first-order valence-corrected chi connectivity index (χ1v) is 9.23. The van der Waals surface area contributed by atoms with Crippen LogP contribution in [0, 0.1) is 11.8 Å². The number of rotatable bonds is 6. The fourth-order valence-electron chi connectivity index (χ4n) is 3.45. The maximum atomic E-state index is 12.6. The van der Waals surface area contributed by atoms with E-state index in [0.29, 0.717) is 25.9 Å². The summed E-state index contributed by atoms with van der Waals surface area (Å²) in [6.07, 6.45) is 1.29. The summed E-state index contributed by atoms with van der Waals surface area (Å²) in [6, 6.07) is 2.34. The molecule has 2 aliphatic carbocycles. The van der Waals surface area contributed by atoms with Crippen molar-refractivity contribution in [3.8, 4) is 0 Å². The summed E-state index contributed by atoms with van der Waals surface area (Å²) in [5.74, 6) is -7.18. The zero-order valence-corrected chi connectivity index (χ0v) is 15.6. The average molecular weight is 384 g/mol. The van der Waals surface area contributed by atoms with Crippen molar-refractivity contribution in [3.05, 3.63) is 34.4 Å². The van der Waals surface area contributed by atoms with E-state index in [1.165, 1.54) is 12.1 Å². The summed E-state index contributed by atoms with van der Waals surface area (Å²) in [5, 5.41) is 5.04. The van der Waals surface area contributed by atoms with Gasteiger partial charge in [0, 0.05) is 35.3 Å². The molecule has 0 bridgehead atoms. The molecule has 8 nitrogen and oxygen atoms in total. The molecule has 0 atom stereocenters. The van der Waals surface area contributed by atoms with E-state index in [0.717, 1.165) is 0 Å². The predicted molar refractivity (Wildman–Crippen MR) is 97.3 cm³/mol. The van der Waals surface area contributed by atoms with Gasteiger partial charge in [0.05, 0.1) is 0 Å². The Kier molecular flexibility index (Phi) is 5.22. The Balaban J connectivity index is 1.94. The Bertz CT molecular complexity index is 807. The molecule has 2 N–H and O–H groups in total. The lowest BCUT2D eigenvalue weighted by Crippen LogP contribution is -2.37. The van der Waals surface area contributed by atoms with Gasteiger partial charge in [0.1, 0.15) is 0 Å². The van der Waals surface area contributed by atoms with Crippen LogP contribution >= 0.6 is 0 Å². The topological polar surface area (TPSA) is 126 Å². The van der Waals surface area contributed by atoms with Crippen molar-refractivity contribution in [2.24, 2.45) is 11.8 Å². The second-order valence-electron chi connectivity index (χ2n) is 6.85. The Morgan fingerprint density at radius 1 is 0.679 bits per heavy atom. The predicted octanol–water partition coefficient (Wildman–Crippen LogP) is 0.729. The first-order valence-electron chi connectivity index (χ1n) is 9.23. The van der Waals surface area contributed by atoms with Gasteiger partial charge in [0.15, 0.2) is 35.0 Å². The lowest BCUT2D eigenvalue weighted by Gasteiger charge is -2.07. The Morgan fingerprint density at radius 3 is 1.21 bits per heavy atom. The first kappa shape index (κ1) is 19.6. The number of amides is 2. The maximum absolute atomic E-state index is 12.6. The lowest BCUT2D eigenvalue weighted by molar-refractivity contribution is -0.123. The van der Waals surface area contributed by atoms with Crippen LogP contribution < -0.4 is 10.6 Å². The maximum Gasteiger partial charge on any atom is 0.238 e. The van der Waals surface area contributed by atoms with E-state index in [-0.39, 0.29) is 22.3 Å². The number of Topliss-reactive ketones (excluding diaryl/α,β-unsaturated/α-hetero) is 4. The van der Waals surface area contributed by atoms with Gasteiger partial charge in [0.25, 0.3) is 0 Å². The molecule has 3 rings (SSSR count). The molecule has 146 valence electrons. The number of carbonyl (C=O) groups excluding carboxylic acids is 6. The van der Waals surface area contributed by atoms with Gasteiger partial charge in [-0.2, -0.15) is 0 Å². The molecule has 8 heteroatoms. The highest BCUT2D eigenvalue weighted by Crippen LogP contribution is 2.35. The number of nitrogens with one attached hydrogen (secondary N) is 2. The molecule has 1 aromatic rings. The third kappa shape index (κ3) is 2.94. The molecule has 0 spiro atoms. The second kappa shape index (κ2) is 7.46. The molecule has 0 saturated carbocycles. The molecule has 0 fully saturated rings. The van der Waals surface area contributed by atoms with Crippen molar-refractivity contribution in [1.82, 2.24) is 10.6 Å². The number of carbonyl (C=O) groups is 6. The number of hydrogen-bond acceptors (Lipinski definition) is 6. The van der Waals surface area contributed by atoms with E-state index in [1.54, 1.807) is 0 Å². The van der Waals surface area contributed by atoms with Crippen molar-refractivity contribution in [2.45, 2.75) is 26.7 Å². The van der Waals surface area contributed by atoms with E-state index in [2.05, 4.69) is 10.6 Å². The standard InChI is InChI=1S/C20H20N2O6/c1-3-5-21-19(27)13-15(23)9-7-11-12(8-10(9)16(13)24)18(26)14(17(11)25)20(28)22-6-4-2/h7-8,13-14H,3-6H2,1-2H3,(H,21,27)(H,22,28). The molecule has 0 aromatic heterocycles. The van der Waals surface area contributed by atoms with E-state index in [1.807, 2.05) is 13.8 Å². The largest absolute Gasteiger partial charge is 0.355 e. The van der Waals surface area contributed by atoms with Crippen LogP contribution in [0.3, 0.4) is 0 Å². The third-order valence-corrected chi connectivity index (χ3v) is 4.89. The molecule has 0 unspecified atom stereocenters. The summed E-state index contributed by atoms with van der Waals surface area (Å²) in [5.41, 5.74) is -0.236. The molecular weight excluding hydrogens is 364 g/mol. The summed E-state index contributed by atoms with van der Waals surface area (Å²) < 4.78 is 0. The van der Waals surface area contributed by atoms with Gasteiger partial charge in [-0.3, -0.25) is 28.8 Å². The Morgan fingerprint density at radius 2 is 0.964 bits per heavy atom. The zero-order chi connectivity index (χ0) is 20.6. The van der Waals surface area contributed by atoms with E-state index >= 15 is 0 Å². The van der Waals surface area contributed by atoms with Crippen molar-refractivity contribution in [3.63, 3.8) is 0 Å². The van der Waals surface area contributed by atoms with E-state index in [4.69, 9.17) is 0 Å². The quantitative estimate of drug-likeness (QED) is 0.696. The van der Waals surface area contributed by atoms with Crippen LogP contribution in [0.5, 0.6) is 0 Å². The molecule has 2 aliphatic rings. The van der Waals surface area contributed by atoms with Crippen LogP contribution in [-0.4, -0.2) is 48.0 Å². The van der Waals surface area contributed by atoms with Gasteiger partial charge in [-0.15, -0.1) is 0 Å². The van der Waals surface area contributed by atoms with Crippen molar-refractivity contribution in [1.29, 1.82) is 0 Å².